The third-order valence-corrected chi connectivity index (χ3v) is 12.1. The minimum Gasteiger partial charge on any atom is -0.245 e. The lowest BCUT2D eigenvalue weighted by atomic mass is 9.69. The molecule has 11 rings (SSSR count). The van der Waals surface area contributed by atoms with Gasteiger partial charge in [-0.3, -0.25) is 0 Å². The van der Waals surface area contributed by atoms with E-state index in [9.17, 15) is 0 Å². The summed E-state index contributed by atoms with van der Waals surface area (Å²) in [5.74, 6) is 0. The Morgan fingerprint density at radius 2 is 1.00 bits per heavy atom. The summed E-state index contributed by atoms with van der Waals surface area (Å²) in [4.78, 5) is 19.5. The van der Waals surface area contributed by atoms with Gasteiger partial charge in [-0.15, -0.1) is 22.7 Å². The first-order chi connectivity index (χ1) is 25.3. The zero-order valence-electron chi connectivity index (χ0n) is 27.1. The molecular formula is C45H26N4S2. The van der Waals surface area contributed by atoms with Crippen LogP contribution in [0.25, 0.3) is 76.9 Å². The zero-order chi connectivity index (χ0) is 33.5. The SMILES string of the molecule is c1cc(-c2ccc3c(c2)C2(c4ccccc4-c4ccccc42)c2cc(-c4cccc(-c5nccs5)n4)c4ccccc4c2-3)nc(-c2nccs2)c1. The number of rotatable bonds is 4. The van der Waals surface area contributed by atoms with Gasteiger partial charge in [-0.2, -0.15) is 0 Å². The molecule has 0 bridgehead atoms. The van der Waals surface area contributed by atoms with Crippen molar-refractivity contribution in [2.24, 2.45) is 0 Å². The Balaban J connectivity index is 1.23. The van der Waals surface area contributed by atoms with Crippen LogP contribution in [0.15, 0.2) is 157 Å². The van der Waals surface area contributed by atoms with Crippen molar-refractivity contribution in [1.29, 1.82) is 0 Å². The number of thiazole rings is 2. The van der Waals surface area contributed by atoms with E-state index in [1.807, 2.05) is 29.2 Å². The lowest BCUT2D eigenvalue weighted by Crippen LogP contribution is -2.26. The molecule has 238 valence electrons. The Hall–Kier alpha value is -6.08. The van der Waals surface area contributed by atoms with Gasteiger partial charge in [-0.05, 0) is 91.7 Å². The normalized spacial score (nSPS) is 13.3. The Morgan fingerprint density at radius 3 is 1.67 bits per heavy atom. The molecule has 5 aromatic carbocycles. The first-order valence-electron chi connectivity index (χ1n) is 16.9. The van der Waals surface area contributed by atoms with Crippen molar-refractivity contribution >= 4 is 33.4 Å². The van der Waals surface area contributed by atoms with E-state index in [0.717, 1.165) is 43.9 Å². The Labute approximate surface area is 302 Å². The van der Waals surface area contributed by atoms with Gasteiger partial charge in [-0.1, -0.05) is 97.1 Å². The van der Waals surface area contributed by atoms with Crippen LogP contribution in [0.2, 0.25) is 0 Å². The maximum atomic E-state index is 5.23. The van der Waals surface area contributed by atoms with E-state index in [-0.39, 0.29) is 0 Å². The van der Waals surface area contributed by atoms with Crippen LogP contribution in [-0.2, 0) is 5.41 Å². The highest BCUT2D eigenvalue weighted by Crippen LogP contribution is 2.64. The molecule has 0 saturated carbocycles. The average molecular weight is 687 g/mol. The molecule has 2 aliphatic carbocycles. The quantitative estimate of drug-likeness (QED) is 0.185. The monoisotopic (exact) mass is 686 g/mol. The summed E-state index contributed by atoms with van der Waals surface area (Å²) in [5.41, 5.74) is 15.6. The molecule has 0 N–H and O–H groups in total. The highest BCUT2D eigenvalue weighted by atomic mass is 32.1. The molecule has 0 fully saturated rings. The molecule has 0 aliphatic heterocycles. The van der Waals surface area contributed by atoms with Crippen molar-refractivity contribution in [2.75, 3.05) is 0 Å². The van der Waals surface area contributed by atoms with Crippen molar-refractivity contribution in [1.82, 2.24) is 19.9 Å². The molecule has 0 amide bonds. The fourth-order valence-corrected chi connectivity index (χ4v) is 9.70. The highest BCUT2D eigenvalue weighted by molar-refractivity contribution is 7.13. The van der Waals surface area contributed by atoms with Gasteiger partial charge in [0.05, 0.1) is 28.2 Å². The van der Waals surface area contributed by atoms with Gasteiger partial charge in [0.25, 0.3) is 0 Å². The van der Waals surface area contributed by atoms with E-state index in [4.69, 9.17) is 9.97 Å². The van der Waals surface area contributed by atoms with Gasteiger partial charge >= 0.3 is 0 Å². The van der Waals surface area contributed by atoms with Gasteiger partial charge in [-0.25, -0.2) is 19.9 Å². The standard InChI is InChI=1S/C45H26N4S2/c1-2-12-31-28(9-1)33(39-16-8-18-41(49-39)44-47-22-24-51-44)26-37-42(31)32-20-19-27(38-15-7-17-40(48-38)43-46-21-23-50-43)25-36(32)45(37)34-13-5-3-10-29(34)30-11-4-6-14-35(30)45/h1-26H. The highest BCUT2D eigenvalue weighted by Gasteiger charge is 2.52. The van der Waals surface area contributed by atoms with Crippen LogP contribution in [0.5, 0.6) is 0 Å². The molecule has 9 aromatic rings. The van der Waals surface area contributed by atoms with Gasteiger partial charge in [0, 0.05) is 34.3 Å². The summed E-state index contributed by atoms with van der Waals surface area (Å²) in [6.07, 6.45) is 3.68. The molecule has 4 aromatic heterocycles. The van der Waals surface area contributed by atoms with E-state index in [0.29, 0.717) is 0 Å². The Kier molecular flexibility index (Phi) is 6.17. The van der Waals surface area contributed by atoms with E-state index in [1.54, 1.807) is 22.7 Å². The van der Waals surface area contributed by atoms with Gasteiger partial charge < -0.3 is 0 Å². The second-order valence-corrected chi connectivity index (χ2v) is 14.8. The van der Waals surface area contributed by atoms with Crippen molar-refractivity contribution in [3.63, 3.8) is 0 Å². The number of fused-ring (bicyclic) bond motifs is 12. The van der Waals surface area contributed by atoms with Crippen LogP contribution in [0, 0.1) is 0 Å². The van der Waals surface area contributed by atoms with Crippen molar-refractivity contribution in [3.8, 4) is 66.2 Å². The number of aromatic nitrogens is 4. The number of hydrogen-bond donors (Lipinski definition) is 0. The lowest BCUT2D eigenvalue weighted by molar-refractivity contribution is 0.795. The van der Waals surface area contributed by atoms with Crippen LogP contribution in [0.4, 0.5) is 0 Å². The van der Waals surface area contributed by atoms with Crippen LogP contribution in [0.3, 0.4) is 0 Å². The second-order valence-electron chi connectivity index (χ2n) is 13.0. The lowest BCUT2D eigenvalue weighted by Gasteiger charge is -2.31. The Morgan fingerprint density at radius 1 is 0.412 bits per heavy atom. The minimum absolute atomic E-state index is 0.535. The second kappa shape index (κ2) is 11.0. The van der Waals surface area contributed by atoms with Gasteiger partial charge in [0.15, 0.2) is 0 Å². The predicted molar refractivity (Wildman–Crippen MR) is 209 cm³/mol. The number of pyridine rings is 2. The fraction of sp³-hybridized carbons (Fsp3) is 0.0222. The number of hydrogen-bond acceptors (Lipinski definition) is 6. The summed E-state index contributed by atoms with van der Waals surface area (Å²) in [6.45, 7) is 0. The topological polar surface area (TPSA) is 51.6 Å². The van der Waals surface area contributed by atoms with Gasteiger partial charge in [0.1, 0.15) is 10.0 Å². The van der Waals surface area contributed by atoms with Crippen LogP contribution in [0.1, 0.15) is 22.3 Å². The first-order valence-corrected chi connectivity index (χ1v) is 18.7. The molecule has 0 unspecified atom stereocenters. The van der Waals surface area contributed by atoms with Crippen LogP contribution < -0.4 is 0 Å². The smallest absolute Gasteiger partial charge is 0.141 e. The zero-order valence-corrected chi connectivity index (χ0v) is 28.7. The third-order valence-electron chi connectivity index (χ3n) is 10.5. The van der Waals surface area contributed by atoms with E-state index >= 15 is 0 Å². The summed E-state index contributed by atoms with van der Waals surface area (Å²) in [5, 5.41) is 8.26. The number of benzene rings is 5. The molecule has 1 spiro atoms. The van der Waals surface area contributed by atoms with Gasteiger partial charge in [0.2, 0.25) is 0 Å². The molecule has 0 saturated heterocycles. The molecule has 4 nitrogen and oxygen atoms in total. The molecular weight excluding hydrogens is 661 g/mol. The molecule has 0 radical (unpaired) electrons. The van der Waals surface area contributed by atoms with Crippen molar-refractivity contribution in [3.05, 3.63) is 179 Å². The maximum absolute atomic E-state index is 5.23. The van der Waals surface area contributed by atoms with E-state index in [2.05, 4.69) is 137 Å². The van der Waals surface area contributed by atoms with Crippen LogP contribution in [-0.4, -0.2) is 19.9 Å². The van der Waals surface area contributed by atoms with Crippen molar-refractivity contribution in [2.45, 2.75) is 5.41 Å². The summed E-state index contributed by atoms with van der Waals surface area (Å²) >= 11 is 3.22. The summed E-state index contributed by atoms with van der Waals surface area (Å²) < 4.78 is 0. The molecule has 51 heavy (non-hydrogen) atoms. The minimum atomic E-state index is -0.535. The Bertz CT molecular complexity index is 2770. The number of nitrogens with zero attached hydrogens (tertiary/aromatic N) is 4. The van der Waals surface area contributed by atoms with E-state index < -0.39 is 5.41 Å². The summed E-state index contributed by atoms with van der Waals surface area (Å²) in [6, 6.07) is 48.7. The van der Waals surface area contributed by atoms with E-state index in [1.165, 1.54) is 55.3 Å². The van der Waals surface area contributed by atoms with Crippen LogP contribution >= 0.6 is 22.7 Å². The molecule has 4 heterocycles. The third kappa shape index (κ3) is 4.06. The van der Waals surface area contributed by atoms with Crippen molar-refractivity contribution < 1.29 is 0 Å². The first kappa shape index (κ1) is 28.7. The fourth-order valence-electron chi connectivity index (χ4n) is 8.48. The average Bonchev–Trinajstić information content (AvgIpc) is 4.02. The maximum Gasteiger partial charge on any atom is 0.141 e. The molecule has 6 heteroatoms. The largest absolute Gasteiger partial charge is 0.245 e. The molecule has 2 aliphatic rings. The molecule has 0 atom stereocenters. The summed E-state index contributed by atoms with van der Waals surface area (Å²) in [7, 11) is 0. The predicted octanol–water partition coefficient (Wildman–Crippen LogP) is 11.6.